The van der Waals surface area contributed by atoms with E-state index < -0.39 is 0 Å². The first-order valence-corrected chi connectivity index (χ1v) is 6.45. The Morgan fingerprint density at radius 1 is 1.47 bits per heavy atom. The second-order valence-corrected chi connectivity index (χ2v) is 5.08. The van der Waals surface area contributed by atoms with Crippen LogP contribution in [-0.4, -0.2) is 10.1 Å². The maximum Gasteiger partial charge on any atom is 0.0898 e. The van der Waals surface area contributed by atoms with Crippen molar-refractivity contribution in [1.82, 2.24) is 4.98 Å². The Bertz CT molecular complexity index is 496. The van der Waals surface area contributed by atoms with E-state index in [1.807, 2.05) is 31.2 Å². The Kier molecular flexibility index (Phi) is 3.76. The topological polar surface area (TPSA) is 45.2 Å². The number of hydrogen-bond acceptors (Lipinski definition) is 4. The summed E-state index contributed by atoms with van der Waals surface area (Å²) in [6, 6.07) is 7.97. The molecule has 1 aromatic heterocycles. The molecule has 0 radical (unpaired) electrons. The third-order valence-corrected chi connectivity index (χ3v) is 3.36. The molecule has 0 aliphatic carbocycles. The molecule has 0 aliphatic rings. The molecular formula is C13H16N2OS. The minimum absolute atomic E-state index is 0.0692. The van der Waals surface area contributed by atoms with E-state index in [1.54, 1.807) is 11.3 Å². The van der Waals surface area contributed by atoms with Crippen molar-refractivity contribution >= 4 is 17.0 Å². The second-order valence-electron chi connectivity index (χ2n) is 4.02. The molecule has 1 heterocycles. The zero-order valence-corrected chi connectivity index (χ0v) is 10.8. The number of hydrogen-bond donors (Lipinski definition) is 2. The van der Waals surface area contributed by atoms with Gasteiger partial charge in [0.15, 0.2) is 0 Å². The summed E-state index contributed by atoms with van der Waals surface area (Å²) in [7, 11) is 0. The maximum absolute atomic E-state index is 9.08. The molecule has 3 nitrogen and oxygen atoms in total. The van der Waals surface area contributed by atoms with E-state index in [0.29, 0.717) is 0 Å². The molecule has 17 heavy (non-hydrogen) atoms. The number of aliphatic hydroxyl groups is 1. The van der Waals surface area contributed by atoms with E-state index in [4.69, 9.17) is 5.11 Å². The summed E-state index contributed by atoms with van der Waals surface area (Å²) in [4.78, 5) is 4.46. The Morgan fingerprint density at radius 3 is 2.94 bits per heavy atom. The van der Waals surface area contributed by atoms with Gasteiger partial charge in [0.2, 0.25) is 0 Å². The zero-order chi connectivity index (χ0) is 12.3. The van der Waals surface area contributed by atoms with Gasteiger partial charge < -0.3 is 10.4 Å². The van der Waals surface area contributed by atoms with Crippen LogP contribution in [0, 0.1) is 6.92 Å². The predicted octanol–water partition coefficient (Wildman–Crippen LogP) is 3.12. The molecule has 1 unspecified atom stereocenters. The lowest BCUT2D eigenvalue weighted by molar-refractivity contribution is 0.282. The number of benzene rings is 1. The molecular weight excluding hydrogens is 232 g/mol. The second kappa shape index (κ2) is 5.29. The fourth-order valence-electron chi connectivity index (χ4n) is 1.66. The van der Waals surface area contributed by atoms with Crippen molar-refractivity contribution in [3.8, 4) is 0 Å². The third kappa shape index (κ3) is 3.05. The number of aromatic nitrogens is 1. The smallest absolute Gasteiger partial charge is 0.0898 e. The summed E-state index contributed by atoms with van der Waals surface area (Å²) in [5.74, 6) is 0. The Labute approximate surface area is 105 Å². The van der Waals surface area contributed by atoms with Crippen LogP contribution in [0.5, 0.6) is 0 Å². The van der Waals surface area contributed by atoms with Gasteiger partial charge in [0.25, 0.3) is 0 Å². The van der Waals surface area contributed by atoms with Crippen LogP contribution in [0.3, 0.4) is 0 Å². The molecule has 0 fully saturated rings. The Morgan fingerprint density at radius 2 is 2.29 bits per heavy atom. The number of thiazole rings is 1. The van der Waals surface area contributed by atoms with Crippen molar-refractivity contribution in [2.45, 2.75) is 26.5 Å². The summed E-state index contributed by atoms with van der Waals surface area (Å²) in [5, 5.41) is 15.6. The van der Waals surface area contributed by atoms with Gasteiger partial charge in [0.1, 0.15) is 0 Å². The molecule has 0 spiro atoms. The van der Waals surface area contributed by atoms with Gasteiger partial charge in [-0.15, -0.1) is 11.3 Å². The fourth-order valence-corrected chi connectivity index (χ4v) is 2.37. The number of nitrogens with zero attached hydrogens (tertiary/aromatic N) is 1. The quantitative estimate of drug-likeness (QED) is 0.873. The van der Waals surface area contributed by atoms with Crippen LogP contribution in [0.4, 0.5) is 5.69 Å². The minimum Gasteiger partial charge on any atom is -0.392 e. The van der Waals surface area contributed by atoms with E-state index in [0.717, 1.165) is 22.0 Å². The molecule has 90 valence electrons. The van der Waals surface area contributed by atoms with Gasteiger partial charge in [-0.1, -0.05) is 12.1 Å². The number of aryl methyl sites for hydroxylation is 1. The summed E-state index contributed by atoms with van der Waals surface area (Å²) in [6.07, 6.45) is 0. The first-order valence-electron chi connectivity index (χ1n) is 5.57. The normalized spacial score (nSPS) is 12.4. The van der Waals surface area contributed by atoms with E-state index in [9.17, 15) is 0 Å². The number of anilines is 1. The van der Waals surface area contributed by atoms with Gasteiger partial charge >= 0.3 is 0 Å². The molecule has 2 rings (SSSR count). The number of aliphatic hydroxyl groups excluding tert-OH is 1. The highest BCUT2D eigenvalue weighted by molar-refractivity contribution is 7.09. The highest BCUT2D eigenvalue weighted by Crippen LogP contribution is 2.21. The largest absolute Gasteiger partial charge is 0.392 e. The first kappa shape index (κ1) is 12.1. The lowest BCUT2D eigenvalue weighted by Crippen LogP contribution is -2.07. The van der Waals surface area contributed by atoms with Gasteiger partial charge in [0.05, 0.1) is 23.4 Å². The van der Waals surface area contributed by atoms with Crippen LogP contribution in [-0.2, 0) is 6.61 Å². The van der Waals surface area contributed by atoms with Crippen molar-refractivity contribution in [3.05, 3.63) is 45.9 Å². The summed E-state index contributed by atoms with van der Waals surface area (Å²) >= 11 is 1.66. The van der Waals surface area contributed by atoms with Gasteiger partial charge in [-0.25, -0.2) is 4.98 Å². The SMILES string of the molecule is Cc1nc(C(C)Nc2cccc(CO)c2)cs1. The van der Waals surface area contributed by atoms with Crippen LogP contribution in [0.15, 0.2) is 29.6 Å². The summed E-state index contributed by atoms with van der Waals surface area (Å²) in [5.41, 5.74) is 2.98. The van der Waals surface area contributed by atoms with Gasteiger partial charge in [-0.2, -0.15) is 0 Å². The monoisotopic (exact) mass is 248 g/mol. The average molecular weight is 248 g/mol. The molecule has 0 aliphatic heterocycles. The summed E-state index contributed by atoms with van der Waals surface area (Å²) in [6.45, 7) is 4.16. The molecule has 1 atom stereocenters. The van der Waals surface area contributed by atoms with Gasteiger partial charge in [0, 0.05) is 11.1 Å². The lowest BCUT2D eigenvalue weighted by Gasteiger charge is -2.13. The third-order valence-electron chi connectivity index (χ3n) is 2.57. The molecule has 4 heteroatoms. The van der Waals surface area contributed by atoms with Crippen LogP contribution < -0.4 is 5.32 Å². The van der Waals surface area contributed by atoms with E-state index in [-0.39, 0.29) is 12.6 Å². The van der Waals surface area contributed by atoms with Crippen molar-refractivity contribution in [1.29, 1.82) is 0 Å². The molecule has 2 aromatic rings. The van der Waals surface area contributed by atoms with Crippen LogP contribution >= 0.6 is 11.3 Å². The highest BCUT2D eigenvalue weighted by Gasteiger charge is 2.08. The number of nitrogens with one attached hydrogen (secondary N) is 1. The van der Waals surface area contributed by atoms with Crippen molar-refractivity contribution in [3.63, 3.8) is 0 Å². The van der Waals surface area contributed by atoms with Crippen LogP contribution in [0.25, 0.3) is 0 Å². The van der Waals surface area contributed by atoms with Crippen molar-refractivity contribution in [2.24, 2.45) is 0 Å². The zero-order valence-electron chi connectivity index (χ0n) is 9.97. The molecule has 0 amide bonds. The molecule has 1 aromatic carbocycles. The van der Waals surface area contributed by atoms with Gasteiger partial charge in [-0.05, 0) is 31.5 Å². The Balaban J connectivity index is 2.09. The maximum atomic E-state index is 9.08. The van der Waals surface area contributed by atoms with Crippen molar-refractivity contribution < 1.29 is 5.11 Å². The first-order chi connectivity index (χ1) is 8.19. The Hall–Kier alpha value is -1.39. The molecule has 2 N–H and O–H groups in total. The standard InChI is InChI=1S/C13H16N2OS/c1-9(13-8-17-10(2)15-13)14-12-5-3-4-11(6-12)7-16/h3-6,8-9,14,16H,7H2,1-2H3. The van der Waals surface area contributed by atoms with E-state index in [2.05, 4.69) is 22.6 Å². The predicted molar refractivity (Wildman–Crippen MR) is 71.3 cm³/mol. The fraction of sp³-hybridized carbons (Fsp3) is 0.308. The van der Waals surface area contributed by atoms with Crippen molar-refractivity contribution in [2.75, 3.05) is 5.32 Å². The lowest BCUT2D eigenvalue weighted by atomic mass is 10.2. The number of rotatable bonds is 4. The molecule has 0 saturated carbocycles. The van der Waals surface area contributed by atoms with E-state index >= 15 is 0 Å². The minimum atomic E-state index is 0.0692. The molecule has 0 saturated heterocycles. The average Bonchev–Trinajstić information content (AvgIpc) is 2.76. The van der Waals surface area contributed by atoms with Crippen LogP contribution in [0.1, 0.15) is 29.2 Å². The van der Waals surface area contributed by atoms with Crippen LogP contribution in [0.2, 0.25) is 0 Å². The highest BCUT2D eigenvalue weighted by atomic mass is 32.1. The van der Waals surface area contributed by atoms with Gasteiger partial charge in [-0.3, -0.25) is 0 Å². The summed E-state index contributed by atoms with van der Waals surface area (Å²) < 4.78 is 0. The molecule has 0 bridgehead atoms. The van der Waals surface area contributed by atoms with E-state index in [1.165, 1.54) is 0 Å².